The number of para-hydroxylation sites is 2. The number of fused-ring (bicyclic) bond motifs is 1. The molecule has 1 fully saturated rings. The minimum atomic E-state index is -0.176. The van der Waals surface area contributed by atoms with Crippen LogP contribution in [0.2, 0.25) is 10.0 Å². The van der Waals surface area contributed by atoms with E-state index in [1.165, 1.54) is 0 Å². The minimum Gasteiger partial charge on any atom is -0.379 e. The molecule has 30 heavy (non-hydrogen) atoms. The van der Waals surface area contributed by atoms with Crippen molar-refractivity contribution in [1.82, 2.24) is 19.8 Å². The van der Waals surface area contributed by atoms with Gasteiger partial charge >= 0.3 is 0 Å². The van der Waals surface area contributed by atoms with E-state index >= 15 is 0 Å². The number of ether oxygens (including phenoxy) is 1. The van der Waals surface area contributed by atoms with Crippen LogP contribution >= 0.6 is 23.2 Å². The fourth-order valence-electron chi connectivity index (χ4n) is 3.66. The first-order valence-electron chi connectivity index (χ1n) is 10.1. The van der Waals surface area contributed by atoms with Crippen LogP contribution < -0.4 is 5.32 Å². The molecule has 4 rings (SSSR count). The summed E-state index contributed by atoms with van der Waals surface area (Å²) >= 11 is 11.9. The van der Waals surface area contributed by atoms with E-state index in [1.807, 2.05) is 18.2 Å². The number of benzene rings is 2. The second-order valence-electron chi connectivity index (χ2n) is 7.26. The Kier molecular flexibility index (Phi) is 6.89. The van der Waals surface area contributed by atoms with Crippen LogP contribution in [-0.2, 0) is 17.7 Å². The molecule has 0 saturated carbocycles. The summed E-state index contributed by atoms with van der Waals surface area (Å²) in [5.41, 5.74) is 2.59. The van der Waals surface area contributed by atoms with E-state index in [2.05, 4.69) is 20.9 Å². The molecule has 1 saturated heterocycles. The van der Waals surface area contributed by atoms with Gasteiger partial charge in [-0.25, -0.2) is 4.98 Å². The Morgan fingerprint density at radius 3 is 2.67 bits per heavy atom. The summed E-state index contributed by atoms with van der Waals surface area (Å²) in [5.74, 6) is 0.795. The summed E-state index contributed by atoms with van der Waals surface area (Å²) in [7, 11) is 0. The first-order valence-corrected chi connectivity index (χ1v) is 10.8. The quantitative estimate of drug-likeness (QED) is 0.601. The van der Waals surface area contributed by atoms with Crippen molar-refractivity contribution in [2.75, 3.05) is 39.4 Å². The zero-order valence-corrected chi connectivity index (χ0v) is 18.1. The van der Waals surface area contributed by atoms with Crippen LogP contribution in [0.25, 0.3) is 11.0 Å². The van der Waals surface area contributed by atoms with E-state index in [9.17, 15) is 4.79 Å². The largest absolute Gasteiger partial charge is 0.379 e. The minimum absolute atomic E-state index is 0.176. The van der Waals surface area contributed by atoms with E-state index in [4.69, 9.17) is 32.9 Å². The molecule has 0 radical (unpaired) electrons. The van der Waals surface area contributed by atoms with Crippen molar-refractivity contribution in [1.29, 1.82) is 0 Å². The molecule has 158 valence electrons. The Labute approximate surface area is 185 Å². The molecule has 1 aromatic heterocycles. The van der Waals surface area contributed by atoms with Gasteiger partial charge in [0.25, 0.3) is 5.91 Å². The molecule has 2 heterocycles. The van der Waals surface area contributed by atoms with Crippen LogP contribution in [-0.4, -0.2) is 59.8 Å². The summed E-state index contributed by atoms with van der Waals surface area (Å²) < 4.78 is 7.70. The molecular weight excluding hydrogens is 423 g/mol. The van der Waals surface area contributed by atoms with Gasteiger partial charge in [-0.15, -0.1) is 0 Å². The highest BCUT2D eigenvalue weighted by Crippen LogP contribution is 2.22. The average molecular weight is 447 g/mol. The molecule has 0 aliphatic carbocycles. The number of carbonyl (C=O) groups is 1. The fraction of sp³-hybridized carbons (Fsp3) is 0.364. The molecule has 2 aromatic carbocycles. The SMILES string of the molecule is O=C(NCCc1nc2ccccc2n1CCN1CCOCC1)c1ccc(Cl)c(Cl)c1. The van der Waals surface area contributed by atoms with E-state index in [0.29, 0.717) is 28.6 Å². The Hall–Kier alpha value is -2.12. The van der Waals surface area contributed by atoms with Gasteiger partial charge in [-0.3, -0.25) is 9.69 Å². The summed E-state index contributed by atoms with van der Waals surface area (Å²) in [5, 5.41) is 3.75. The predicted molar refractivity (Wildman–Crippen MR) is 119 cm³/mol. The molecule has 1 N–H and O–H groups in total. The van der Waals surface area contributed by atoms with Gasteiger partial charge in [-0.2, -0.15) is 0 Å². The molecule has 1 amide bonds. The number of nitrogens with one attached hydrogen (secondary N) is 1. The van der Waals surface area contributed by atoms with E-state index in [1.54, 1.807) is 18.2 Å². The number of imidazole rings is 1. The normalized spacial score (nSPS) is 14.9. The molecule has 0 bridgehead atoms. The van der Waals surface area contributed by atoms with Crippen molar-refractivity contribution < 1.29 is 9.53 Å². The highest BCUT2D eigenvalue weighted by molar-refractivity contribution is 6.42. The maximum Gasteiger partial charge on any atom is 0.251 e. The molecule has 6 nitrogen and oxygen atoms in total. The number of amides is 1. The lowest BCUT2D eigenvalue weighted by Gasteiger charge is -2.27. The summed E-state index contributed by atoms with van der Waals surface area (Å²) in [6.07, 6.45) is 0.644. The van der Waals surface area contributed by atoms with Crippen LogP contribution in [0.1, 0.15) is 16.2 Å². The number of nitrogens with zero attached hydrogens (tertiary/aromatic N) is 3. The van der Waals surface area contributed by atoms with Crippen molar-refractivity contribution in [3.63, 3.8) is 0 Å². The molecule has 0 atom stereocenters. The van der Waals surface area contributed by atoms with Gasteiger partial charge in [-0.1, -0.05) is 35.3 Å². The standard InChI is InChI=1S/C22H24Cl2N4O2/c23-17-6-5-16(15-18(17)24)22(29)25-8-7-21-26-19-3-1-2-4-20(19)28(21)10-9-27-11-13-30-14-12-27/h1-6,15H,7-14H2,(H,25,29). The molecule has 8 heteroatoms. The zero-order valence-electron chi connectivity index (χ0n) is 16.6. The van der Waals surface area contributed by atoms with Crippen molar-refractivity contribution in [3.05, 3.63) is 63.9 Å². The van der Waals surface area contributed by atoms with Crippen LogP contribution in [0.4, 0.5) is 0 Å². The number of aromatic nitrogens is 2. The maximum atomic E-state index is 12.4. The topological polar surface area (TPSA) is 59.4 Å². The third-order valence-corrected chi connectivity index (χ3v) is 6.03. The van der Waals surface area contributed by atoms with Crippen molar-refractivity contribution >= 4 is 40.1 Å². The number of carbonyl (C=O) groups excluding carboxylic acids is 1. The highest BCUT2D eigenvalue weighted by Gasteiger charge is 2.15. The van der Waals surface area contributed by atoms with Gasteiger partial charge < -0.3 is 14.6 Å². The molecule has 3 aromatic rings. The molecule has 1 aliphatic heterocycles. The second-order valence-corrected chi connectivity index (χ2v) is 8.07. The van der Waals surface area contributed by atoms with Gasteiger partial charge in [0.05, 0.1) is 34.3 Å². The molecule has 0 spiro atoms. The Morgan fingerprint density at radius 2 is 1.87 bits per heavy atom. The highest BCUT2D eigenvalue weighted by atomic mass is 35.5. The van der Waals surface area contributed by atoms with Crippen molar-refractivity contribution in [3.8, 4) is 0 Å². The lowest BCUT2D eigenvalue weighted by atomic mass is 10.2. The van der Waals surface area contributed by atoms with Crippen LogP contribution in [0.3, 0.4) is 0 Å². The maximum absolute atomic E-state index is 12.4. The number of hydrogen-bond donors (Lipinski definition) is 1. The second kappa shape index (κ2) is 9.79. The van der Waals surface area contributed by atoms with Gasteiger partial charge in [0.2, 0.25) is 0 Å². The molecule has 1 aliphatic rings. The molecule has 0 unspecified atom stereocenters. The first-order chi connectivity index (χ1) is 14.6. The summed E-state index contributed by atoms with van der Waals surface area (Å²) in [4.78, 5) is 19.6. The first kappa shape index (κ1) is 21.1. The lowest BCUT2D eigenvalue weighted by Crippen LogP contribution is -2.38. The number of morpholine rings is 1. The number of halogens is 2. The Balaban J connectivity index is 1.42. The summed E-state index contributed by atoms with van der Waals surface area (Å²) in [6, 6.07) is 13.0. The monoisotopic (exact) mass is 446 g/mol. The van der Waals surface area contributed by atoms with Crippen LogP contribution in [0.5, 0.6) is 0 Å². The molecular formula is C22H24Cl2N4O2. The summed E-state index contributed by atoms with van der Waals surface area (Å²) in [6.45, 7) is 5.79. The van der Waals surface area contributed by atoms with Gasteiger partial charge in [0, 0.05) is 44.7 Å². The fourth-order valence-corrected chi connectivity index (χ4v) is 3.96. The Morgan fingerprint density at radius 1 is 1.07 bits per heavy atom. The van der Waals surface area contributed by atoms with Gasteiger partial charge in [0.15, 0.2) is 0 Å². The van der Waals surface area contributed by atoms with E-state index < -0.39 is 0 Å². The predicted octanol–water partition coefficient (Wildman–Crippen LogP) is 3.65. The third kappa shape index (κ3) is 4.95. The van der Waals surface area contributed by atoms with Crippen molar-refractivity contribution in [2.24, 2.45) is 0 Å². The van der Waals surface area contributed by atoms with Crippen LogP contribution in [0.15, 0.2) is 42.5 Å². The van der Waals surface area contributed by atoms with Crippen LogP contribution in [0, 0.1) is 0 Å². The zero-order chi connectivity index (χ0) is 20.9. The van der Waals surface area contributed by atoms with E-state index in [0.717, 1.165) is 56.3 Å². The third-order valence-electron chi connectivity index (χ3n) is 5.29. The van der Waals surface area contributed by atoms with Crippen molar-refractivity contribution in [2.45, 2.75) is 13.0 Å². The van der Waals surface area contributed by atoms with E-state index in [-0.39, 0.29) is 5.91 Å². The number of hydrogen-bond acceptors (Lipinski definition) is 4. The number of rotatable bonds is 7. The van der Waals surface area contributed by atoms with Gasteiger partial charge in [-0.05, 0) is 30.3 Å². The smallest absolute Gasteiger partial charge is 0.251 e. The Bertz CT molecular complexity index is 1030. The van der Waals surface area contributed by atoms with Gasteiger partial charge in [0.1, 0.15) is 5.82 Å². The lowest BCUT2D eigenvalue weighted by molar-refractivity contribution is 0.0364. The average Bonchev–Trinajstić information content (AvgIpc) is 3.12.